The van der Waals surface area contributed by atoms with Gasteiger partial charge in [-0.05, 0) is 75.8 Å². The molecule has 0 radical (unpaired) electrons. The van der Waals surface area contributed by atoms with Gasteiger partial charge in [0.15, 0.2) is 0 Å². The highest BCUT2D eigenvalue weighted by molar-refractivity contribution is 7.92. The molecule has 2 rings (SSSR count). The highest BCUT2D eigenvalue weighted by Gasteiger charge is 2.19. The number of nitrogens with zero attached hydrogens (tertiary/aromatic N) is 1. The molecule has 0 aliphatic heterocycles. The molecule has 0 saturated heterocycles. The Morgan fingerprint density at radius 1 is 0.963 bits per heavy atom. The topological polar surface area (TPSA) is 78.5 Å². The second kappa shape index (κ2) is 8.54. The molecule has 0 spiro atoms. The summed E-state index contributed by atoms with van der Waals surface area (Å²) in [5.41, 5.74) is 3.49. The van der Waals surface area contributed by atoms with E-state index in [4.69, 9.17) is 0 Å². The van der Waals surface area contributed by atoms with Gasteiger partial charge in [0.2, 0.25) is 0 Å². The van der Waals surface area contributed by atoms with Crippen LogP contribution >= 0.6 is 0 Å². The maximum Gasteiger partial charge on any atom is 0.262 e. The summed E-state index contributed by atoms with van der Waals surface area (Å²) >= 11 is 0. The van der Waals surface area contributed by atoms with Crippen molar-refractivity contribution < 1.29 is 13.2 Å². The Morgan fingerprint density at radius 2 is 1.63 bits per heavy atom. The standard InChI is InChI=1S/C20H27N3O3S/c1-14-7-9-18(12-16(14)3)22-27(25,26)19-13-17(8-6-15(19)2)20(24)21-10-11-23(4)5/h6-9,12-13,22H,10-11H2,1-5H3,(H,21,24). The van der Waals surface area contributed by atoms with Crippen LogP contribution in [0.5, 0.6) is 0 Å². The maximum atomic E-state index is 12.8. The second-order valence-electron chi connectivity index (χ2n) is 6.94. The molecule has 0 atom stereocenters. The first-order chi connectivity index (χ1) is 12.6. The molecule has 6 nitrogen and oxygen atoms in total. The van der Waals surface area contributed by atoms with Crippen molar-refractivity contribution in [3.8, 4) is 0 Å². The summed E-state index contributed by atoms with van der Waals surface area (Å²) < 4.78 is 28.3. The number of benzene rings is 2. The zero-order valence-corrected chi connectivity index (χ0v) is 17.3. The average molecular weight is 390 g/mol. The Hall–Kier alpha value is -2.38. The lowest BCUT2D eigenvalue weighted by Gasteiger charge is -2.14. The van der Waals surface area contributed by atoms with E-state index < -0.39 is 10.0 Å². The van der Waals surface area contributed by atoms with E-state index in [-0.39, 0.29) is 10.8 Å². The van der Waals surface area contributed by atoms with Crippen molar-refractivity contribution >= 4 is 21.6 Å². The minimum Gasteiger partial charge on any atom is -0.351 e. The van der Waals surface area contributed by atoms with E-state index in [1.54, 1.807) is 31.2 Å². The molecule has 0 unspecified atom stereocenters. The Balaban J connectivity index is 2.25. The van der Waals surface area contributed by atoms with Gasteiger partial charge in [-0.1, -0.05) is 12.1 Å². The number of hydrogen-bond donors (Lipinski definition) is 2. The third-order valence-corrected chi connectivity index (χ3v) is 5.87. The van der Waals surface area contributed by atoms with Crippen LogP contribution in [0.1, 0.15) is 27.0 Å². The van der Waals surface area contributed by atoms with Crippen LogP contribution in [-0.2, 0) is 10.0 Å². The van der Waals surface area contributed by atoms with Gasteiger partial charge in [-0.2, -0.15) is 0 Å². The van der Waals surface area contributed by atoms with E-state index in [2.05, 4.69) is 10.0 Å². The van der Waals surface area contributed by atoms with Crippen molar-refractivity contribution in [2.45, 2.75) is 25.7 Å². The summed E-state index contributed by atoms with van der Waals surface area (Å²) in [6.07, 6.45) is 0. The fourth-order valence-corrected chi connectivity index (χ4v) is 3.86. The predicted molar refractivity (Wildman–Crippen MR) is 109 cm³/mol. The summed E-state index contributed by atoms with van der Waals surface area (Å²) in [4.78, 5) is 14.4. The molecule has 0 heterocycles. The number of anilines is 1. The van der Waals surface area contributed by atoms with E-state index in [9.17, 15) is 13.2 Å². The van der Waals surface area contributed by atoms with Gasteiger partial charge in [-0.3, -0.25) is 9.52 Å². The SMILES string of the molecule is Cc1ccc(NS(=O)(=O)c2cc(C(=O)NCCN(C)C)ccc2C)cc1C. The van der Waals surface area contributed by atoms with Gasteiger partial charge >= 0.3 is 0 Å². The van der Waals surface area contributed by atoms with E-state index >= 15 is 0 Å². The van der Waals surface area contributed by atoms with Crippen molar-refractivity contribution in [1.82, 2.24) is 10.2 Å². The van der Waals surface area contributed by atoms with Crippen LogP contribution in [0.2, 0.25) is 0 Å². The van der Waals surface area contributed by atoms with Crippen LogP contribution in [0, 0.1) is 20.8 Å². The lowest BCUT2D eigenvalue weighted by atomic mass is 10.1. The molecule has 0 aliphatic carbocycles. The number of aryl methyl sites for hydroxylation is 3. The fraction of sp³-hybridized carbons (Fsp3) is 0.350. The molecule has 7 heteroatoms. The van der Waals surface area contributed by atoms with Crippen molar-refractivity contribution in [3.05, 3.63) is 58.7 Å². The Labute approximate surface area is 161 Å². The van der Waals surface area contributed by atoms with Crippen molar-refractivity contribution in [2.24, 2.45) is 0 Å². The molecule has 0 fully saturated rings. The quantitative estimate of drug-likeness (QED) is 0.763. The van der Waals surface area contributed by atoms with Gasteiger partial charge in [-0.15, -0.1) is 0 Å². The van der Waals surface area contributed by atoms with Gasteiger partial charge in [0.25, 0.3) is 15.9 Å². The summed E-state index contributed by atoms with van der Waals surface area (Å²) in [7, 11) is 0.0339. The highest BCUT2D eigenvalue weighted by Crippen LogP contribution is 2.22. The number of hydrogen-bond acceptors (Lipinski definition) is 4. The van der Waals surface area contributed by atoms with Crippen LogP contribution in [0.4, 0.5) is 5.69 Å². The lowest BCUT2D eigenvalue weighted by molar-refractivity contribution is 0.0951. The smallest absolute Gasteiger partial charge is 0.262 e. The summed E-state index contributed by atoms with van der Waals surface area (Å²) in [6, 6.07) is 10.1. The Kier molecular flexibility index (Phi) is 6.62. The first-order valence-corrected chi connectivity index (χ1v) is 10.2. The Morgan fingerprint density at radius 3 is 2.26 bits per heavy atom. The van der Waals surface area contributed by atoms with E-state index in [1.165, 1.54) is 6.07 Å². The first kappa shape index (κ1) is 20.9. The number of likely N-dealkylation sites (N-methyl/N-ethyl adjacent to an activating group) is 1. The molecule has 2 aromatic rings. The fourth-order valence-electron chi connectivity index (χ4n) is 2.54. The van der Waals surface area contributed by atoms with E-state index in [0.717, 1.165) is 11.1 Å². The molecule has 0 bridgehead atoms. The van der Waals surface area contributed by atoms with Crippen LogP contribution in [0.3, 0.4) is 0 Å². The number of rotatable bonds is 7. The van der Waals surface area contributed by atoms with Gasteiger partial charge in [0, 0.05) is 24.3 Å². The molecule has 0 saturated carbocycles. The van der Waals surface area contributed by atoms with Crippen LogP contribution in [0.25, 0.3) is 0 Å². The largest absolute Gasteiger partial charge is 0.351 e. The third kappa shape index (κ3) is 5.55. The van der Waals surface area contributed by atoms with Gasteiger partial charge in [-0.25, -0.2) is 8.42 Å². The monoisotopic (exact) mass is 389 g/mol. The van der Waals surface area contributed by atoms with Crippen molar-refractivity contribution in [1.29, 1.82) is 0 Å². The van der Waals surface area contributed by atoms with Crippen LogP contribution in [-0.4, -0.2) is 46.4 Å². The normalized spacial score (nSPS) is 11.5. The van der Waals surface area contributed by atoms with Gasteiger partial charge in [0.1, 0.15) is 0 Å². The molecule has 146 valence electrons. The van der Waals surface area contributed by atoms with Gasteiger partial charge < -0.3 is 10.2 Å². The van der Waals surface area contributed by atoms with E-state index in [0.29, 0.717) is 29.9 Å². The molecule has 27 heavy (non-hydrogen) atoms. The number of sulfonamides is 1. The number of carbonyl (C=O) groups is 1. The highest BCUT2D eigenvalue weighted by atomic mass is 32.2. The molecule has 0 aliphatic rings. The minimum atomic E-state index is -3.80. The molecular weight excluding hydrogens is 362 g/mol. The summed E-state index contributed by atoms with van der Waals surface area (Å²) in [6.45, 7) is 6.80. The molecular formula is C20H27N3O3S. The summed E-state index contributed by atoms with van der Waals surface area (Å²) in [5.74, 6) is -0.292. The number of amides is 1. The minimum absolute atomic E-state index is 0.0981. The van der Waals surface area contributed by atoms with E-state index in [1.807, 2.05) is 38.9 Å². The maximum absolute atomic E-state index is 12.8. The van der Waals surface area contributed by atoms with Crippen LogP contribution in [0.15, 0.2) is 41.3 Å². The van der Waals surface area contributed by atoms with Crippen molar-refractivity contribution in [2.75, 3.05) is 31.9 Å². The molecule has 0 aromatic heterocycles. The third-order valence-electron chi connectivity index (χ3n) is 4.34. The predicted octanol–water partition coefficient (Wildman–Crippen LogP) is 2.70. The van der Waals surface area contributed by atoms with Crippen molar-refractivity contribution in [3.63, 3.8) is 0 Å². The number of nitrogens with one attached hydrogen (secondary N) is 2. The molecule has 2 N–H and O–H groups in total. The lowest BCUT2D eigenvalue weighted by Crippen LogP contribution is -2.31. The average Bonchev–Trinajstić information content (AvgIpc) is 2.57. The zero-order chi connectivity index (χ0) is 20.2. The zero-order valence-electron chi connectivity index (χ0n) is 16.5. The molecule has 2 aromatic carbocycles. The summed E-state index contributed by atoms with van der Waals surface area (Å²) in [5, 5.41) is 2.80. The van der Waals surface area contributed by atoms with Crippen LogP contribution < -0.4 is 10.0 Å². The Bertz CT molecular complexity index is 937. The first-order valence-electron chi connectivity index (χ1n) is 8.74. The number of carbonyl (C=O) groups excluding carboxylic acids is 1. The van der Waals surface area contributed by atoms with Gasteiger partial charge in [0.05, 0.1) is 4.90 Å². The second-order valence-corrected chi connectivity index (χ2v) is 8.59. The molecule has 1 amide bonds.